The molecule has 0 spiro atoms. The van der Waals surface area contributed by atoms with Crippen molar-refractivity contribution in [2.45, 2.75) is 13.1 Å². The van der Waals surface area contributed by atoms with E-state index in [2.05, 4.69) is 44.9 Å². The van der Waals surface area contributed by atoms with E-state index in [9.17, 15) is 0 Å². The molecule has 0 radical (unpaired) electrons. The maximum absolute atomic E-state index is 4.47. The molecule has 0 aliphatic rings. The molecule has 5 heteroatoms. The third-order valence-electron chi connectivity index (χ3n) is 3.27. The van der Waals surface area contributed by atoms with E-state index in [4.69, 9.17) is 0 Å². The Balaban J connectivity index is 0.00000192. The first kappa shape index (κ1) is 16.8. The average Bonchev–Trinajstić information content (AvgIpc) is 2.60. The first-order valence-electron chi connectivity index (χ1n) is 7.29. The largest absolute Gasteiger partial charge is 0.366 e. The minimum absolute atomic E-state index is 0. The van der Waals surface area contributed by atoms with Crippen molar-refractivity contribution in [1.82, 2.24) is 9.97 Å². The van der Waals surface area contributed by atoms with E-state index >= 15 is 0 Å². The zero-order valence-corrected chi connectivity index (χ0v) is 13.5. The highest BCUT2D eigenvalue weighted by atomic mass is 35.5. The van der Waals surface area contributed by atoms with Gasteiger partial charge in [-0.25, -0.2) is 4.98 Å². The van der Waals surface area contributed by atoms with Crippen molar-refractivity contribution in [2.24, 2.45) is 0 Å². The fraction of sp³-hybridized carbons (Fsp3) is 0.111. The Labute approximate surface area is 142 Å². The van der Waals surface area contributed by atoms with E-state index in [-0.39, 0.29) is 12.4 Å². The Morgan fingerprint density at radius 1 is 0.696 bits per heavy atom. The molecule has 0 aliphatic carbocycles. The molecule has 2 N–H and O–H groups in total. The number of hydrogen-bond acceptors (Lipinski definition) is 4. The Bertz CT molecular complexity index is 646. The second-order valence-electron chi connectivity index (χ2n) is 4.94. The van der Waals surface area contributed by atoms with Crippen LogP contribution in [-0.4, -0.2) is 9.97 Å². The molecule has 0 aliphatic heterocycles. The van der Waals surface area contributed by atoms with Crippen molar-refractivity contribution < 1.29 is 0 Å². The molecule has 2 aromatic carbocycles. The van der Waals surface area contributed by atoms with Gasteiger partial charge < -0.3 is 10.6 Å². The summed E-state index contributed by atoms with van der Waals surface area (Å²) in [6.45, 7) is 1.46. The number of aromatic nitrogens is 2. The monoisotopic (exact) mass is 326 g/mol. The highest BCUT2D eigenvalue weighted by Crippen LogP contribution is 2.09. The Kier molecular flexibility index (Phi) is 6.39. The summed E-state index contributed by atoms with van der Waals surface area (Å²) in [5, 5.41) is 6.55. The van der Waals surface area contributed by atoms with Crippen LogP contribution in [0.1, 0.15) is 11.1 Å². The van der Waals surface area contributed by atoms with E-state index in [1.807, 2.05) is 42.5 Å². The quantitative estimate of drug-likeness (QED) is 0.715. The first-order valence-corrected chi connectivity index (χ1v) is 7.29. The van der Waals surface area contributed by atoms with Crippen LogP contribution in [0.15, 0.2) is 72.9 Å². The zero-order chi connectivity index (χ0) is 15.0. The molecule has 0 fully saturated rings. The van der Waals surface area contributed by atoms with Crippen LogP contribution in [0.25, 0.3) is 0 Å². The van der Waals surface area contributed by atoms with Crippen molar-refractivity contribution in [3.05, 3.63) is 84.1 Å². The summed E-state index contributed by atoms with van der Waals surface area (Å²) in [6.07, 6.45) is 1.76. The van der Waals surface area contributed by atoms with E-state index in [0.29, 0.717) is 12.5 Å². The molecule has 3 aromatic rings. The molecule has 118 valence electrons. The third-order valence-corrected chi connectivity index (χ3v) is 3.27. The molecule has 0 bridgehead atoms. The zero-order valence-electron chi connectivity index (χ0n) is 12.6. The summed E-state index contributed by atoms with van der Waals surface area (Å²) in [5.74, 6) is 1.44. The van der Waals surface area contributed by atoms with Gasteiger partial charge in [0.15, 0.2) is 0 Å². The van der Waals surface area contributed by atoms with Crippen molar-refractivity contribution in [3.8, 4) is 0 Å². The molecule has 0 atom stereocenters. The fourth-order valence-electron chi connectivity index (χ4n) is 2.11. The summed E-state index contributed by atoms with van der Waals surface area (Å²) in [7, 11) is 0. The molecule has 0 unspecified atom stereocenters. The number of hydrogen-bond donors (Lipinski definition) is 2. The maximum atomic E-state index is 4.47. The van der Waals surface area contributed by atoms with Crippen LogP contribution in [-0.2, 0) is 13.1 Å². The summed E-state index contributed by atoms with van der Waals surface area (Å²) in [5.41, 5.74) is 2.42. The first-order chi connectivity index (χ1) is 10.9. The van der Waals surface area contributed by atoms with Gasteiger partial charge in [-0.2, -0.15) is 4.98 Å². The van der Waals surface area contributed by atoms with Gasteiger partial charge in [0.2, 0.25) is 5.95 Å². The van der Waals surface area contributed by atoms with Crippen LogP contribution < -0.4 is 10.6 Å². The van der Waals surface area contributed by atoms with Gasteiger partial charge in [0.25, 0.3) is 0 Å². The van der Waals surface area contributed by atoms with Crippen LogP contribution in [0.4, 0.5) is 11.8 Å². The van der Waals surface area contributed by atoms with Gasteiger partial charge in [-0.15, -0.1) is 12.4 Å². The second-order valence-corrected chi connectivity index (χ2v) is 4.94. The van der Waals surface area contributed by atoms with Gasteiger partial charge >= 0.3 is 0 Å². The SMILES string of the molecule is Cl.c1ccc(CNc2ccnc(NCc3ccccc3)n2)cc1. The smallest absolute Gasteiger partial charge is 0.224 e. The summed E-state index contributed by atoms with van der Waals surface area (Å²) >= 11 is 0. The predicted molar refractivity (Wildman–Crippen MR) is 96.8 cm³/mol. The lowest BCUT2D eigenvalue weighted by Crippen LogP contribution is -2.06. The van der Waals surface area contributed by atoms with Gasteiger partial charge in [-0.1, -0.05) is 60.7 Å². The van der Waals surface area contributed by atoms with Gasteiger partial charge in [-0.3, -0.25) is 0 Å². The van der Waals surface area contributed by atoms with E-state index in [0.717, 1.165) is 12.4 Å². The van der Waals surface area contributed by atoms with Crippen molar-refractivity contribution in [2.75, 3.05) is 10.6 Å². The van der Waals surface area contributed by atoms with Gasteiger partial charge in [-0.05, 0) is 17.2 Å². The van der Waals surface area contributed by atoms with Crippen LogP contribution in [0.2, 0.25) is 0 Å². The second kappa shape index (κ2) is 8.76. The number of anilines is 2. The van der Waals surface area contributed by atoms with Gasteiger partial charge in [0.1, 0.15) is 5.82 Å². The normalized spacial score (nSPS) is 9.74. The van der Waals surface area contributed by atoms with Crippen molar-refractivity contribution in [3.63, 3.8) is 0 Å². The fourth-order valence-corrected chi connectivity index (χ4v) is 2.11. The summed E-state index contributed by atoms with van der Waals surface area (Å²) in [4.78, 5) is 8.72. The third kappa shape index (κ3) is 5.27. The predicted octanol–water partition coefficient (Wildman–Crippen LogP) is 4.12. The summed E-state index contributed by atoms with van der Waals surface area (Å²) in [6, 6.07) is 22.3. The summed E-state index contributed by atoms with van der Waals surface area (Å²) < 4.78 is 0. The lowest BCUT2D eigenvalue weighted by Gasteiger charge is -2.08. The average molecular weight is 327 g/mol. The van der Waals surface area contributed by atoms with Crippen molar-refractivity contribution >= 4 is 24.2 Å². The highest BCUT2D eigenvalue weighted by Gasteiger charge is 1.99. The molecule has 23 heavy (non-hydrogen) atoms. The number of halogens is 1. The minimum atomic E-state index is 0. The number of nitrogens with one attached hydrogen (secondary N) is 2. The molecule has 4 nitrogen and oxygen atoms in total. The van der Waals surface area contributed by atoms with Crippen LogP contribution in [0.5, 0.6) is 0 Å². The molecule has 0 saturated carbocycles. The molecular weight excluding hydrogens is 308 g/mol. The van der Waals surface area contributed by atoms with Crippen molar-refractivity contribution in [1.29, 1.82) is 0 Å². The van der Waals surface area contributed by atoms with Gasteiger partial charge in [0, 0.05) is 19.3 Å². The molecular formula is C18H19ClN4. The minimum Gasteiger partial charge on any atom is -0.366 e. The number of rotatable bonds is 6. The Morgan fingerprint density at radius 2 is 1.26 bits per heavy atom. The van der Waals surface area contributed by atoms with E-state index in [1.165, 1.54) is 11.1 Å². The van der Waals surface area contributed by atoms with Crippen LogP contribution in [0.3, 0.4) is 0 Å². The molecule has 0 amide bonds. The standard InChI is InChI=1S/C18H18N4.ClH/c1-3-7-15(8-4-1)13-20-17-11-12-19-18(22-17)21-14-16-9-5-2-6-10-16;/h1-12H,13-14H2,(H2,19,20,21,22);1H. The van der Waals surface area contributed by atoms with Crippen LogP contribution >= 0.6 is 12.4 Å². The number of benzene rings is 2. The van der Waals surface area contributed by atoms with Gasteiger partial charge in [0.05, 0.1) is 0 Å². The highest BCUT2D eigenvalue weighted by molar-refractivity contribution is 5.85. The molecule has 0 saturated heterocycles. The van der Waals surface area contributed by atoms with E-state index in [1.54, 1.807) is 6.20 Å². The topological polar surface area (TPSA) is 49.8 Å². The Morgan fingerprint density at radius 3 is 1.87 bits per heavy atom. The molecule has 1 heterocycles. The Hall–Kier alpha value is -2.59. The molecule has 1 aromatic heterocycles. The number of nitrogens with zero attached hydrogens (tertiary/aromatic N) is 2. The molecule has 3 rings (SSSR count). The lowest BCUT2D eigenvalue weighted by atomic mass is 10.2. The lowest BCUT2D eigenvalue weighted by molar-refractivity contribution is 1.03. The maximum Gasteiger partial charge on any atom is 0.224 e. The van der Waals surface area contributed by atoms with E-state index < -0.39 is 0 Å². The van der Waals surface area contributed by atoms with Crippen LogP contribution in [0, 0.1) is 0 Å².